The number of amides is 1. The van der Waals surface area contributed by atoms with Crippen LogP contribution in [0.3, 0.4) is 0 Å². The Morgan fingerprint density at radius 3 is 2.67 bits per heavy atom. The second-order valence-electron chi connectivity index (χ2n) is 7.46. The summed E-state index contributed by atoms with van der Waals surface area (Å²) in [6.45, 7) is 1.95. The summed E-state index contributed by atoms with van der Waals surface area (Å²) in [5, 5.41) is 14.8. The van der Waals surface area contributed by atoms with E-state index in [0.29, 0.717) is 11.8 Å². The zero-order valence-electron chi connectivity index (χ0n) is 16.7. The van der Waals surface area contributed by atoms with Crippen LogP contribution < -0.4 is 22.1 Å². The molecule has 0 spiro atoms. The van der Waals surface area contributed by atoms with Crippen LogP contribution in [0, 0.1) is 6.92 Å². The molecule has 2 heterocycles. The monoisotopic (exact) mass is 407 g/mol. The summed E-state index contributed by atoms with van der Waals surface area (Å²) < 4.78 is 0. The Morgan fingerprint density at radius 2 is 1.97 bits per heavy atom. The van der Waals surface area contributed by atoms with E-state index in [2.05, 4.69) is 30.8 Å². The van der Waals surface area contributed by atoms with E-state index in [4.69, 9.17) is 11.5 Å². The van der Waals surface area contributed by atoms with Gasteiger partial charge in [0.05, 0.1) is 18.1 Å². The topological polar surface area (TPSA) is 150 Å². The van der Waals surface area contributed by atoms with Crippen molar-refractivity contribution in [2.45, 2.75) is 44.7 Å². The highest BCUT2D eigenvalue weighted by Gasteiger charge is 2.23. The summed E-state index contributed by atoms with van der Waals surface area (Å²) in [4.78, 5) is 22.2. The predicted octanol–water partition coefficient (Wildman–Crippen LogP) is 1.89. The lowest BCUT2D eigenvalue weighted by Crippen LogP contribution is -2.43. The lowest BCUT2D eigenvalue weighted by atomic mass is 9.91. The SMILES string of the molecule is Cc1cc(Nc2nc(N[C@@H]3CCCC[C@@H]3N)ncc2C(N)=O)ccc1-n1nccn1. The Balaban J connectivity index is 1.59. The molecular weight excluding hydrogens is 382 g/mol. The smallest absolute Gasteiger partial charge is 0.254 e. The molecule has 6 N–H and O–H groups in total. The van der Waals surface area contributed by atoms with Crippen molar-refractivity contribution in [1.29, 1.82) is 0 Å². The maximum atomic E-state index is 11.9. The van der Waals surface area contributed by atoms with Crippen molar-refractivity contribution in [3.8, 4) is 5.69 Å². The van der Waals surface area contributed by atoms with Gasteiger partial charge in [0, 0.05) is 24.0 Å². The van der Waals surface area contributed by atoms with Crippen LogP contribution in [0.1, 0.15) is 41.6 Å². The van der Waals surface area contributed by atoms with Gasteiger partial charge in [-0.05, 0) is 43.5 Å². The minimum Gasteiger partial charge on any atom is -0.365 e. The number of nitrogens with zero attached hydrogens (tertiary/aromatic N) is 5. The molecule has 30 heavy (non-hydrogen) atoms. The number of nitrogens with two attached hydrogens (primary N) is 2. The molecule has 10 heteroatoms. The van der Waals surface area contributed by atoms with Gasteiger partial charge in [0.1, 0.15) is 11.4 Å². The van der Waals surface area contributed by atoms with Crippen molar-refractivity contribution in [2.75, 3.05) is 10.6 Å². The Hall–Kier alpha value is -3.53. The van der Waals surface area contributed by atoms with E-state index in [1.165, 1.54) is 6.20 Å². The molecule has 2 atom stereocenters. The highest BCUT2D eigenvalue weighted by Crippen LogP contribution is 2.25. The molecule has 1 aromatic carbocycles. The van der Waals surface area contributed by atoms with Crippen LogP contribution in [0.4, 0.5) is 17.5 Å². The highest BCUT2D eigenvalue weighted by molar-refractivity contribution is 5.98. The first kappa shape index (κ1) is 19.8. The maximum Gasteiger partial charge on any atom is 0.254 e. The summed E-state index contributed by atoms with van der Waals surface area (Å²) in [7, 11) is 0. The molecule has 1 aliphatic carbocycles. The minimum atomic E-state index is -0.604. The number of primary amides is 1. The molecule has 0 saturated heterocycles. The third kappa shape index (κ3) is 4.23. The molecule has 1 fully saturated rings. The first-order chi connectivity index (χ1) is 14.5. The minimum absolute atomic E-state index is 0.0562. The number of aromatic nitrogens is 5. The number of benzene rings is 1. The Morgan fingerprint density at radius 1 is 1.20 bits per heavy atom. The molecule has 2 aromatic heterocycles. The summed E-state index contributed by atoms with van der Waals surface area (Å²) in [6, 6.07) is 5.84. The number of carbonyl (C=O) groups excluding carboxylic acids is 1. The molecule has 0 aliphatic heterocycles. The van der Waals surface area contributed by atoms with Crippen molar-refractivity contribution in [1.82, 2.24) is 25.0 Å². The van der Waals surface area contributed by atoms with Gasteiger partial charge in [0.2, 0.25) is 5.95 Å². The van der Waals surface area contributed by atoms with Crippen LogP contribution in [0.2, 0.25) is 0 Å². The standard InChI is InChI=1S/C20H25N9O/c1-12-10-13(6-7-17(12)29-24-8-9-25-29)26-19-14(18(22)30)11-23-20(28-19)27-16-5-3-2-4-15(16)21/h6-11,15-16H,2-5,21H2,1H3,(H2,22,30)(H2,23,26,27,28)/t15-,16+/m0/s1. The second kappa shape index (κ2) is 8.46. The molecule has 0 bridgehead atoms. The van der Waals surface area contributed by atoms with Gasteiger partial charge in [0.25, 0.3) is 5.91 Å². The van der Waals surface area contributed by atoms with Crippen molar-refractivity contribution in [3.63, 3.8) is 0 Å². The molecule has 0 radical (unpaired) electrons. The number of rotatable bonds is 6. The van der Waals surface area contributed by atoms with Crippen molar-refractivity contribution < 1.29 is 4.79 Å². The lowest BCUT2D eigenvalue weighted by Gasteiger charge is -2.29. The first-order valence-electron chi connectivity index (χ1n) is 9.94. The normalized spacial score (nSPS) is 18.7. The Labute approximate surface area is 174 Å². The van der Waals surface area contributed by atoms with Gasteiger partial charge in [-0.15, -0.1) is 0 Å². The molecule has 0 unspecified atom stereocenters. The van der Waals surface area contributed by atoms with Gasteiger partial charge in [-0.1, -0.05) is 12.8 Å². The summed E-state index contributed by atoms with van der Waals surface area (Å²) in [5.41, 5.74) is 14.5. The third-order valence-electron chi connectivity index (χ3n) is 5.28. The largest absolute Gasteiger partial charge is 0.365 e. The van der Waals surface area contributed by atoms with E-state index >= 15 is 0 Å². The quantitative estimate of drug-likeness (QED) is 0.484. The van der Waals surface area contributed by atoms with E-state index < -0.39 is 5.91 Å². The average Bonchev–Trinajstić information content (AvgIpc) is 3.24. The van der Waals surface area contributed by atoms with E-state index in [0.717, 1.165) is 42.6 Å². The van der Waals surface area contributed by atoms with Crippen LogP contribution in [-0.2, 0) is 0 Å². The number of carbonyl (C=O) groups is 1. The molecule has 4 rings (SSSR count). The fourth-order valence-corrected chi connectivity index (χ4v) is 3.67. The van der Waals surface area contributed by atoms with E-state index in [-0.39, 0.29) is 17.6 Å². The van der Waals surface area contributed by atoms with Gasteiger partial charge in [-0.3, -0.25) is 4.79 Å². The summed E-state index contributed by atoms with van der Waals surface area (Å²) >= 11 is 0. The Kier molecular flexibility index (Phi) is 5.57. The second-order valence-corrected chi connectivity index (χ2v) is 7.46. The number of aryl methyl sites for hydroxylation is 1. The molecule has 10 nitrogen and oxygen atoms in total. The molecule has 1 saturated carbocycles. The van der Waals surface area contributed by atoms with Crippen LogP contribution in [-0.4, -0.2) is 43.0 Å². The van der Waals surface area contributed by atoms with Crippen LogP contribution >= 0.6 is 0 Å². The van der Waals surface area contributed by atoms with Gasteiger partial charge >= 0.3 is 0 Å². The summed E-state index contributed by atoms with van der Waals surface area (Å²) in [5.74, 6) is 0.153. The van der Waals surface area contributed by atoms with Gasteiger partial charge in [-0.2, -0.15) is 20.0 Å². The molecule has 3 aromatic rings. The van der Waals surface area contributed by atoms with E-state index in [1.54, 1.807) is 17.2 Å². The molecule has 1 amide bonds. The van der Waals surface area contributed by atoms with E-state index in [1.807, 2.05) is 25.1 Å². The van der Waals surface area contributed by atoms with Gasteiger partial charge in [-0.25, -0.2) is 4.98 Å². The number of hydrogen-bond donors (Lipinski definition) is 4. The van der Waals surface area contributed by atoms with Gasteiger partial charge < -0.3 is 22.1 Å². The zero-order valence-corrected chi connectivity index (χ0v) is 16.7. The first-order valence-corrected chi connectivity index (χ1v) is 9.94. The van der Waals surface area contributed by atoms with Crippen LogP contribution in [0.15, 0.2) is 36.8 Å². The molecule has 156 valence electrons. The van der Waals surface area contributed by atoms with Crippen molar-refractivity contribution in [3.05, 3.63) is 47.9 Å². The van der Waals surface area contributed by atoms with Crippen LogP contribution in [0.25, 0.3) is 5.69 Å². The zero-order chi connectivity index (χ0) is 21.1. The highest BCUT2D eigenvalue weighted by atomic mass is 16.1. The number of hydrogen-bond acceptors (Lipinski definition) is 8. The fourth-order valence-electron chi connectivity index (χ4n) is 3.67. The van der Waals surface area contributed by atoms with Crippen molar-refractivity contribution >= 4 is 23.4 Å². The predicted molar refractivity (Wildman–Crippen MR) is 114 cm³/mol. The lowest BCUT2D eigenvalue weighted by molar-refractivity contribution is 0.100. The molecule has 1 aliphatic rings. The average molecular weight is 407 g/mol. The number of anilines is 3. The van der Waals surface area contributed by atoms with Crippen LogP contribution in [0.5, 0.6) is 0 Å². The van der Waals surface area contributed by atoms with E-state index in [9.17, 15) is 4.79 Å². The Bertz CT molecular complexity index is 1030. The van der Waals surface area contributed by atoms with Gasteiger partial charge in [0.15, 0.2) is 0 Å². The van der Waals surface area contributed by atoms with Crippen molar-refractivity contribution in [2.24, 2.45) is 11.5 Å². The maximum absolute atomic E-state index is 11.9. The third-order valence-corrected chi connectivity index (χ3v) is 5.28. The summed E-state index contributed by atoms with van der Waals surface area (Å²) in [6.07, 6.45) is 8.87. The number of nitrogens with one attached hydrogen (secondary N) is 2. The fraction of sp³-hybridized carbons (Fsp3) is 0.350. The molecular formula is C20H25N9O.